The Labute approximate surface area is 182 Å². The van der Waals surface area contributed by atoms with Crippen LogP contribution >= 0.6 is 34.9 Å². The van der Waals surface area contributed by atoms with Gasteiger partial charge in [-0.3, -0.25) is 18.8 Å². The SMILES string of the molecule is CC(=O)N(C[C@@H]1CN(Cc2ccc(Cl)cc2)CCO1)Sc1nc(CC(=O)O)cs1. The number of carboxylic acids is 1. The summed E-state index contributed by atoms with van der Waals surface area (Å²) in [6.07, 6.45) is -0.228. The second kappa shape index (κ2) is 10.4. The Morgan fingerprint density at radius 3 is 2.86 bits per heavy atom. The molecule has 0 unspecified atom stereocenters. The van der Waals surface area contributed by atoms with Crippen LogP contribution in [0.2, 0.25) is 5.02 Å². The van der Waals surface area contributed by atoms with Gasteiger partial charge in [0.15, 0.2) is 4.34 Å². The van der Waals surface area contributed by atoms with Crippen molar-refractivity contribution in [3.8, 4) is 0 Å². The summed E-state index contributed by atoms with van der Waals surface area (Å²) in [5, 5.41) is 11.3. The fraction of sp³-hybridized carbons (Fsp3) is 0.421. The number of carbonyl (C=O) groups excluding carboxylic acids is 1. The van der Waals surface area contributed by atoms with Gasteiger partial charge in [0.2, 0.25) is 5.91 Å². The van der Waals surface area contributed by atoms with Crippen LogP contribution in [0.25, 0.3) is 0 Å². The molecule has 29 heavy (non-hydrogen) atoms. The predicted molar refractivity (Wildman–Crippen MR) is 113 cm³/mol. The average Bonchev–Trinajstić information content (AvgIpc) is 3.09. The van der Waals surface area contributed by atoms with E-state index >= 15 is 0 Å². The van der Waals surface area contributed by atoms with Crippen molar-refractivity contribution in [3.05, 3.63) is 45.9 Å². The van der Waals surface area contributed by atoms with E-state index in [0.717, 1.165) is 24.7 Å². The van der Waals surface area contributed by atoms with Crippen LogP contribution in [-0.4, -0.2) is 63.5 Å². The van der Waals surface area contributed by atoms with Crippen molar-refractivity contribution in [2.45, 2.75) is 30.3 Å². The first-order chi connectivity index (χ1) is 13.9. The van der Waals surface area contributed by atoms with E-state index in [4.69, 9.17) is 21.4 Å². The smallest absolute Gasteiger partial charge is 0.309 e. The zero-order valence-electron chi connectivity index (χ0n) is 15.9. The highest BCUT2D eigenvalue weighted by Gasteiger charge is 2.25. The Balaban J connectivity index is 1.56. The molecule has 1 N–H and O–H groups in total. The van der Waals surface area contributed by atoms with Gasteiger partial charge in [0, 0.05) is 48.9 Å². The number of thiazole rings is 1. The van der Waals surface area contributed by atoms with Gasteiger partial charge in [-0.05, 0) is 17.7 Å². The third-order valence-corrected chi connectivity index (χ3v) is 6.64. The van der Waals surface area contributed by atoms with Gasteiger partial charge < -0.3 is 9.84 Å². The third kappa shape index (κ3) is 6.97. The second-order valence-corrected chi connectivity index (χ2v) is 9.26. The zero-order valence-corrected chi connectivity index (χ0v) is 18.3. The van der Waals surface area contributed by atoms with Crippen LogP contribution in [0.3, 0.4) is 0 Å². The highest BCUT2D eigenvalue weighted by Crippen LogP contribution is 2.27. The minimum Gasteiger partial charge on any atom is -0.481 e. The molecule has 1 aromatic carbocycles. The van der Waals surface area contributed by atoms with Crippen molar-refractivity contribution in [2.75, 3.05) is 26.2 Å². The lowest BCUT2D eigenvalue weighted by molar-refractivity contribution is -0.136. The number of rotatable bonds is 8. The molecule has 1 amide bonds. The Hall–Kier alpha value is -1.65. The number of amides is 1. The number of aliphatic carboxylic acids is 1. The normalized spacial score (nSPS) is 17.2. The topological polar surface area (TPSA) is 83.0 Å². The second-order valence-electron chi connectivity index (χ2n) is 6.70. The highest BCUT2D eigenvalue weighted by atomic mass is 35.5. The molecule has 156 valence electrons. The molecular formula is C19H22ClN3O4S2. The van der Waals surface area contributed by atoms with Crippen LogP contribution in [0, 0.1) is 0 Å². The molecule has 1 aliphatic heterocycles. The van der Waals surface area contributed by atoms with Gasteiger partial charge in [0.25, 0.3) is 0 Å². The summed E-state index contributed by atoms with van der Waals surface area (Å²) in [5.41, 5.74) is 1.68. The van der Waals surface area contributed by atoms with E-state index in [2.05, 4.69) is 9.88 Å². The fourth-order valence-electron chi connectivity index (χ4n) is 2.96. The molecule has 2 aromatic rings. The Bertz CT molecular complexity index is 846. The molecule has 1 fully saturated rings. The zero-order chi connectivity index (χ0) is 20.8. The van der Waals surface area contributed by atoms with E-state index in [0.29, 0.717) is 23.2 Å². The van der Waals surface area contributed by atoms with E-state index < -0.39 is 5.97 Å². The summed E-state index contributed by atoms with van der Waals surface area (Å²) >= 11 is 8.52. The third-order valence-electron chi connectivity index (χ3n) is 4.31. The van der Waals surface area contributed by atoms with Crippen LogP contribution in [0.1, 0.15) is 18.2 Å². The average molecular weight is 456 g/mol. The summed E-state index contributed by atoms with van der Waals surface area (Å²) < 4.78 is 8.15. The summed E-state index contributed by atoms with van der Waals surface area (Å²) in [7, 11) is 0. The van der Waals surface area contributed by atoms with E-state index in [1.54, 1.807) is 9.69 Å². The number of nitrogens with zero attached hydrogens (tertiary/aromatic N) is 3. The molecule has 10 heteroatoms. The van der Waals surface area contributed by atoms with Gasteiger partial charge in [-0.25, -0.2) is 4.98 Å². The molecule has 1 atom stereocenters. The van der Waals surface area contributed by atoms with Crippen molar-refractivity contribution < 1.29 is 19.4 Å². The number of carboxylic acid groups (broad SMARTS) is 1. The van der Waals surface area contributed by atoms with Gasteiger partial charge in [0.05, 0.1) is 31.4 Å². The molecule has 0 radical (unpaired) electrons. The number of hydrogen-bond acceptors (Lipinski definition) is 7. The number of benzene rings is 1. The number of carbonyl (C=O) groups is 2. The molecule has 1 aliphatic rings. The lowest BCUT2D eigenvalue weighted by atomic mass is 10.2. The molecule has 0 bridgehead atoms. The molecule has 3 rings (SSSR count). The van der Waals surface area contributed by atoms with Crippen LogP contribution in [0.5, 0.6) is 0 Å². The first-order valence-electron chi connectivity index (χ1n) is 9.09. The Morgan fingerprint density at radius 1 is 1.41 bits per heavy atom. The summed E-state index contributed by atoms with van der Waals surface area (Å²) in [4.78, 5) is 29.5. The Kier molecular flexibility index (Phi) is 7.91. The number of hydrogen-bond donors (Lipinski definition) is 1. The minimum atomic E-state index is -0.924. The van der Waals surface area contributed by atoms with E-state index in [9.17, 15) is 9.59 Å². The van der Waals surface area contributed by atoms with Crippen LogP contribution < -0.4 is 0 Å². The number of aromatic nitrogens is 1. The van der Waals surface area contributed by atoms with Crippen LogP contribution in [-0.2, 0) is 27.3 Å². The molecule has 7 nitrogen and oxygen atoms in total. The van der Waals surface area contributed by atoms with Crippen molar-refractivity contribution in [1.82, 2.24) is 14.2 Å². The maximum atomic E-state index is 12.1. The lowest BCUT2D eigenvalue weighted by Gasteiger charge is -2.35. The maximum absolute atomic E-state index is 12.1. The quantitative estimate of drug-likeness (QED) is 0.612. The first-order valence-corrected chi connectivity index (χ1v) is 11.1. The summed E-state index contributed by atoms with van der Waals surface area (Å²) in [6.45, 7) is 4.90. The van der Waals surface area contributed by atoms with Crippen molar-refractivity contribution in [3.63, 3.8) is 0 Å². The van der Waals surface area contributed by atoms with Gasteiger partial charge in [-0.15, -0.1) is 11.3 Å². The minimum absolute atomic E-state index is 0.0941. The number of halogens is 1. The summed E-state index contributed by atoms with van der Waals surface area (Å²) in [5.74, 6) is -1.02. The lowest BCUT2D eigenvalue weighted by Crippen LogP contribution is -2.46. The number of ether oxygens (including phenoxy) is 1. The largest absolute Gasteiger partial charge is 0.481 e. The maximum Gasteiger partial charge on any atom is 0.309 e. The van der Waals surface area contributed by atoms with Gasteiger partial charge in [-0.1, -0.05) is 23.7 Å². The van der Waals surface area contributed by atoms with Crippen LogP contribution in [0.15, 0.2) is 34.0 Å². The van der Waals surface area contributed by atoms with Gasteiger partial charge in [-0.2, -0.15) is 0 Å². The summed E-state index contributed by atoms with van der Waals surface area (Å²) in [6, 6.07) is 7.80. The predicted octanol–water partition coefficient (Wildman–Crippen LogP) is 3.18. The molecule has 0 spiro atoms. The standard InChI is InChI=1S/C19H22ClN3O4S2/c1-13(24)23(29-19-21-16(12-28-19)8-18(25)26)11-17-10-22(6-7-27-17)9-14-2-4-15(20)5-3-14/h2-5,12,17H,6-11H2,1H3,(H,25,26)/t17-/m0/s1. The van der Waals surface area contributed by atoms with E-state index in [1.807, 2.05) is 24.3 Å². The van der Waals surface area contributed by atoms with Gasteiger partial charge in [0.1, 0.15) is 0 Å². The molecule has 0 aliphatic carbocycles. The molecule has 1 saturated heterocycles. The van der Waals surface area contributed by atoms with Crippen molar-refractivity contribution in [2.24, 2.45) is 0 Å². The van der Waals surface area contributed by atoms with E-state index in [-0.39, 0.29) is 18.4 Å². The molecule has 0 saturated carbocycles. The van der Waals surface area contributed by atoms with Crippen molar-refractivity contribution in [1.29, 1.82) is 0 Å². The van der Waals surface area contributed by atoms with Gasteiger partial charge >= 0.3 is 5.97 Å². The fourth-order valence-corrected chi connectivity index (χ4v) is 4.93. The molecule has 2 heterocycles. The van der Waals surface area contributed by atoms with E-state index in [1.165, 1.54) is 35.8 Å². The molecule has 1 aromatic heterocycles. The van der Waals surface area contributed by atoms with Crippen molar-refractivity contribution >= 4 is 46.8 Å². The van der Waals surface area contributed by atoms with Crippen LogP contribution in [0.4, 0.5) is 0 Å². The number of morpholine rings is 1. The highest BCUT2D eigenvalue weighted by molar-refractivity contribution is 7.99. The Morgan fingerprint density at radius 2 is 2.17 bits per heavy atom. The first kappa shape index (κ1) is 22.0. The monoisotopic (exact) mass is 455 g/mol. The molecular weight excluding hydrogens is 434 g/mol.